The number of nitrogens with zero attached hydrogens (tertiary/aromatic N) is 1. The first-order valence-electron chi connectivity index (χ1n) is 6.52. The van der Waals surface area contributed by atoms with E-state index < -0.39 is 0 Å². The largest absolute Gasteiger partial charge is 0.399 e. The molecule has 0 atom stereocenters. The van der Waals surface area contributed by atoms with Gasteiger partial charge in [-0.15, -0.1) is 0 Å². The fourth-order valence-electron chi connectivity index (χ4n) is 1.17. The minimum Gasteiger partial charge on any atom is -0.399 e. The van der Waals surface area contributed by atoms with Crippen LogP contribution in [0, 0.1) is 37.0 Å². The van der Waals surface area contributed by atoms with Crippen LogP contribution in [0.25, 0.3) is 0 Å². The van der Waals surface area contributed by atoms with Crippen LogP contribution in [0.2, 0.25) is 0 Å². The van der Waals surface area contributed by atoms with E-state index in [0.29, 0.717) is 6.42 Å². The molecule has 1 aromatic rings. The van der Waals surface area contributed by atoms with E-state index in [1.807, 2.05) is 26.0 Å². The molecule has 0 aliphatic carbocycles. The van der Waals surface area contributed by atoms with E-state index in [4.69, 9.17) is 11.0 Å². The molecule has 1 aromatic carbocycles. The summed E-state index contributed by atoms with van der Waals surface area (Å²) in [5.41, 5.74) is 9.72. The van der Waals surface area contributed by atoms with Crippen LogP contribution in [0.3, 0.4) is 0 Å². The number of nitrogens with two attached hydrogens (primary N) is 1. The number of nitriles is 1. The molecule has 1 rings (SSSR count). The predicted molar refractivity (Wildman–Crippen MR) is 79.3 cm³/mol. The molecular formula is C16H26N2. The molecule has 2 nitrogen and oxygen atoms in total. The Balaban J connectivity index is 0.000000411. The van der Waals surface area contributed by atoms with Crippen molar-refractivity contribution in [1.82, 2.24) is 0 Å². The molecule has 0 amide bonds. The van der Waals surface area contributed by atoms with Gasteiger partial charge in [-0.1, -0.05) is 33.8 Å². The van der Waals surface area contributed by atoms with E-state index in [1.54, 1.807) is 0 Å². The zero-order chi connectivity index (χ0) is 14.3. The zero-order valence-electron chi connectivity index (χ0n) is 12.5. The highest BCUT2D eigenvalue weighted by Gasteiger charge is 2.00. The summed E-state index contributed by atoms with van der Waals surface area (Å²) in [6.45, 7) is 12.9. The van der Waals surface area contributed by atoms with Gasteiger partial charge in [-0.2, -0.15) is 5.26 Å². The fraction of sp³-hybridized carbons (Fsp3) is 0.562. The van der Waals surface area contributed by atoms with Crippen molar-refractivity contribution < 1.29 is 0 Å². The van der Waals surface area contributed by atoms with Crippen molar-refractivity contribution in [3.8, 4) is 6.07 Å². The lowest BCUT2D eigenvalue weighted by atomic mass is 10.0. The third-order valence-corrected chi connectivity index (χ3v) is 3.33. The van der Waals surface area contributed by atoms with Crippen LogP contribution in [0.4, 0.5) is 5.69 Å². The summed E-state index contributed by atoms with van der Waals surface area (Å²) in [6.07, 6.45) is 0.465. The lowest BCUT2D eigenvalue weighted by Gasteiger charge is -2.05. The Labute approximate surface area is 112 Å². The number of hydrogen-bond acceptors (Lipinski definition) is 2. The maximum Gasteiger partial charge on any atom is 0.0669 e. The second kappa shape index (κ2) is 7.76. The highest BCUT2D eigenvalue weighted by Crippen LogP contribution is 2.17. The number of rotatable bonds is 2. The Morgan fingerprint density at radius 2 is 1.56 bits per heavy atom. The van der Waals surface area contributed by atoms with E-state index in [0.717, 1.165) is 34.2 Å². The Bertz CT molecular complexity index is 406. The summed E-state index contributed by atoms with van der Waals surface area (Å²) in [5, 5.41) is 8.52. The highest BCUT2D eigenvalue weighted by molar-refractivity contribution is 5.51. The Morgan fingerprint density at radius 1 is 1.06 bits per heavy atom. The van der Waals surface area contributed by atoms with E-state index in [-0.39, 0.29) is 0 Å². The molecule has 0 aromatic heterocycles. The quantitative estimate of drug-likeness (QED) is 0.793. The van der Waals surface area contributed by atoms with E-state index in [2.05, 4.69) is 33.8 Å². The van der Waals surface area contributed by atoms with Crippen LogP contribution in [0.1, 0.15) is 44.4 Å². The molecule has 0 aliphatic heterocycles. The van der Waals surface area contributed by atoms with Crippen molar-refractivity contribution in [3.05, 3.63) is 28.8 Å². The SMILES string of the molecule is CC(C)C(C)C.Cc1cc(CC#N)c(C)cc1N. The van der Waals surface area contributed by atoms with Crippen molar-refractivity contribution in [2.45, 2.75) is 48.0 Å². The van der Waals surface area contributed by atoms with Crippen molar-refractivity contribution in [2.75, 3.05) is 5.73 Å². The Morgan fingerprint density at radius 3 is 1.94 bits per heavy atom. The molecule has 0 saturated carbocycles. The summed E-state index contributed by atoms with van der Waals surface area (Å²) in [7, 11) is 0. The first kappa shape index (κ1) is 16.5. The van der Waals surface area contributed by atoms with Crippen LogP contribution in [-0.4, -0.2) is 0 Å². The normalized spacial score (nSPS) is 9.94. The van der Waals surface area contributed by atoms with Crippen LogP contribution in [-0.2, 0) is 6.42 Å². The van der Waals surface area contributed by atoms with Gasteiger partial charge in [0.25, 0.3) is 0 Å². The lowest BCUT2D eigenvalue weighted by Crippen LogP contribution is -1.95. The van der Waals surface area contributed by atoms with Gasteiger partial charge in [0, 0.05) is 5.69 Å². The molecule has 2 heteroatoms. The summed E-state index contributed by atoms with van der Waals surface area (Å²) < 4.78 is 0. The minimum absolute atomic E-state index is 0.465. The van der Waals surface area contributed by atoms with Gasteiger partial charge in [-0.05, 0) is 48.4 Å². The summed E-state index contributed by atoms with van der Waals surface area (Å²) in [5.74, 6) is 1.70. The summed E-state index contributed by atoms with van der Waals surface area (Å²) >= 11 is 0. The van der Waals surface area contributed by atoms with Gasteiger partial charge in [0.2, 0.25) is 0 Å². The predicted octanol–water partition coefficient (Wildman–Crippen LogP) is 4.25. The number of anilines is 1. The Kier molecular flexibility index (Phi) is 7.12. The molecule has 0 aliphatic rings. The smallest absolute Gasteiger partial charge is 0.0669 e. The van der Waals surface area contributed by atoms with Gasteiger partial charge in [-0.3, -0.25) is 0 Å². The molecule has 0 radical (unpaired) electrons. The first-order valence-corrected chi connectivity index (χ1v) is 6.52. The number of benzene rings is 1. The second-order valence-corrected chi connectivity index (χ2v) is 5.46. The van der Waals surface area contributed by atoms with Crippen LogP contribution < -0.4 is 5.73 Å². The van der Waals surface area contributed by atoms with E-state index >= 15 is 0 Å². The molecule has 0 unspecified atom stereocenters. The van der Waals surface area contributed by atoms with Crippen LogP contribution in [0.15, 0.2) is 12.1 Å². The molecule has 100 valence electrons. The van der Waals surface area contributed by atoms with Gasteiger partial charge < -0.3 is 5.73 Å². The van der Waals surface area contributed by atoms with E-state index in [9.17, 15) is 0 Å². The van der Waals surface area contributed by atoms with Gasteiger partial charge in [0.1, 0.15) is 0 Å². The monoisotopic (exact) mass is 246 g/mol. The summed E-state index contributed by atoms with van der Waals surface area (Å²) in [4.78, 5) is 0. The van der Waals surface area contributed by atoms with Crippen molar-refractivity contribution in [2.24, 2.45) is 11.8 Å². The molecular weight excluding hydrogens is 220 g/mol. The zero-order valence-corrected chi connectivity index (χ0v) is 12.5. The third kappa shape index (κ3) is 5.72. The maximum absolute atomic E-state index is 8.52. The van der Waals surface area contributed by atoms with Gasteiger partial charge >= 0.3 is 0 Å². The number of aryl methyl sites for hydroxylation is 2. The molecule has 0 fully saturated rings. The second-order valence-electron chi connectivity index (χ2n) is 5.46. The number of nitrogen functional groups attached to an aromatic ring is 1. The first-order chi connectivity index (χ1) is 8.29. The van der Waals surface area contributed by atoms with Crippen molar-refractivity contribution >= 4 is 5.69 Å². The third-order valence-electron chi connectivity index (χ3n) is 3.33. The maximum atomic E-state index is 8.52. The molecule has 0 saturated heterocycles. The van der Waals surface area contributed by atoms with Gasteiger partial charge in [0.05, 0.1) is 12.5 Å². The average Bonchev–Trinajstić information content (AvgIpc) is 2.27. The average molecular weight is 246 g/mol. The van der Waals surface area contributed by atoms with Crippen molar-refractivity contribution in [3.63, 3.8) is 0 Å². The molecule has 0 spiro atoms. The van der Waals surface area contributed by atoms with Gasteiger partial charge in [-0.25, -0.2) is 0 Å². The van der Waals surface area contributed by atoms with Crippen molar-refractivity contribution in [1.29, 1.82) is 5.26 Å². The highest BCUT2D eigenvalue weighted by atomic mass is 14.6. The topological polar surface area (TPSA) is 49.8 Å². The van der Waals surface area contributed by atoms with Crippen LogP contribution >= 0.6 is 0 Å². The Hall–Kier alpha value is -1.49. The van der Waals surface area contributed by atoms with Gasteiger partial charge in [0.15, 0.2) is 0 Å². The lowest BCUT2D eigenvalue weighted by molar-refractivity contribution is 0.457. The minimum atomic E-state index is 0.465. The number of hydrogen-bond donors (Lipinski definition) is 1. The van der Waals surface area contributed by atoms with E-state index in [1.165, 1.54) is 0 Å². The molecule has 2 N–H and O–H groups in total. The molecule has 18 heavy (non-hydrogen) atoms. The van der Waals surface area contributed by atoms with Crippen LogP contribution in [0.5, 0.6) is 0 Å². The molecule has 0 heterocycles. The fourth-order valence-corrected chi connectivity index (χ4v) is 1.17. The standard InChI is InChI=1S/C10H12N2.C6H14/c1-7-6-10(12)8(2)5-9(7)3-4-11;1-5(2)6(3)4/h5-6H,3,12H2,1-2H3;5-6H,1-4H3. The molecule has 0 bridgehead atoms. The summed E-state index contributed by atoms with van der Waals surface area (Å²) in [6, 6.07) is 6.03.